The van der Waals surface area contributed by atoms with Crippen LogP contribution in [0.25, 0.3) is 0 Å². The molecular formula is C20H22O7. The van der Waals surface area contributed by atoms with Crippen LogP contribution in [0.2, 0.25) is 0 Å². The minimum Gasteiger partial charge on any atom is -0.458 e. The van der Waals surface area contributed by atoms with Gasteiger partial charge in [-0.25, -0.2) is 14.4 Å². The van der Waals surface area contributed by atoms with Crippen molar-refractivity contribution < 1.29 is 33.3 Å². The second kappa shape index (κ2) is 6.05. The van der Waals surface area contributed by atoms with Crippen LogP contribution in [-0.4, -0.2) is 47.9 Å². The first-order valence-corrected chi connectivity index (χ1v) is 9.03. The number of rotatable bonds is 2. The normalized spacial score (nSPS) is 39.4. The predicted octanol–water partition coefficient (Wildman–Crippen LogP) is 1.77. The van der Waals surface area contributed by atoms with Gasteiger partial charge in [0.15, 0.2) is 0 Å². The molecule has 2 saturated heterocycles. The Kier molecular flexibility index (Phi) is 4.03. The summed E-state index contributed by atoms with van der Waals surface area (Å²) in [6.45, 7) is 9.31. The fraction of sp³-hybridized carbons (Fsp3) is 0.550. The predicted molar refractivity (Wildman–Crippen MR) is 92.3 cm³/mol. The van der Waals surface area contributed by atoms with Gasteiger partial charge >= 0.3 is 17.9 Å². The largest absolute Gasteiger partial charge is 0.458 e. The van der Waals surface area contributed by atoms with Crippen molar-refractivity contribution in [1.82, 2.24) is 0 Å². The molecule has 6 atom stereocenters. The molecule has 3 heterocycles. The number of epoxide rings is 1. The summed E-state index contributed by atoms with van der Waals surface area (Å²) in [5, 5.41) is 0. The van der Waals surface area contributed by atoms with Crippen LogP contribution in [0.5, 0.6) is 0 Å². The molecular weight excluding hydrogens is 352 g/mol. The summed E-state index contributed by atoms with van der Waals surface area (Å²) < 4.78 is 22.4. The van der Waals surface area contributed by atoms with E-state index >= 15 is 0 Å². The fourth-order valence-electron chi connectivity index (χ4n) is 4.20. The number of ether oxygens (including phenoxy) is 4. The lowest BCUT2D eigenvalue weighted by molar-refractivity contribution is -0.149. The Morgan fingerprint density at radius 3 is 2.74 bits per heavy atom. The molecule has 4 aliphatic rings. The molecule has 2 bridgehead atoms. The van der Waals surface area contributed by atoms with Crippen LogP contribution in [0.1, 0.15) is 33.6 Å². The lowest BCUT2D eigenvalue weighted by atomic mass is 9.82. The maximum Gasteiger partial charge on any atom is 0.334 e. The zero-order valence-electron chi connectivity index (χ0n) is 15.5. The van der Waals surface area contributed by atoms with Crippen LogP contribution in [0.3, 0.4) is 0 Å². The molecule has 0 aromatic carbocycles. The molecule has 0 amide bonds. The first-order valence-electron chi connectivity index (χ1n) is 9.03. The summed E-state index contributed by atoms with van der Waals surface area (Å²) in [6, 6.07) is 0. The molecule has 0 radical (unpaired) electrons. The minimum atomic E-state index is -0.777. The number of carbonyl (C=O) groups excluding carboxylic acids is 3. The first kappa shape index (κ1) is 18.0. The van der Waals surface area contributed by atoms with Gasteiger partial charge in [0.2, 0.25) is 0 Å². The van der Waals surface area contributed by atoms with Gasteiger partial charge in [0.1, 0.15) is 24.4 Å². The van der Waals surface area contributed by atoms with Gasteiger partial charge in [0, 0.05) is 30.1 Å². The Labute approximate surface area is 157 Å². The van der Waals surface area contributed by atoms with Gasteiger partial charge in [-0.15, -0.1) is 0 Å². The van der Waals surface area contributed by atoms with Crippen LogP contribution in [0.4, 0.5) is 0 Å². The van der Waals surface area contributed by atoms with E-state index in [0.29, 0.717) is 12.0 Å². The maximum atomic E-state index is 12.3. The molecule has 2 fully saturated rings. The van der Waals surface area contributed by atoms with E-state index in [0.717, 1.165) is 5.57 Å². The van der Waals surface area contributed by atoms with Gasteiger partial charge in [-0.3, -0.25) is 0 Å². The lowest BCUT2D eigenvalue weighted by Gasteiger charge is -2.26. The Bertz CT molecular complexity index is 803. The van der Waals surface area contributed by atoms with Crippen molar-refractivity contribution in [3.63, 3.8) is 0 Å². The first-order chi connectivity index (χ1) is 12.7. The molecule has 7 nitrogen and oxygen atoms in total. The maximum absolute atomic E-state index is 12.3. The molecule has 0 saturated carbocycles. The second-order valence-electron chi connectivity index (χ2n) is 8.01. The van der Waals surface area contributed by atoms with Crippen molar-refractivity contribution in [3.8, 4) is 0 Å². The topological polar surface area (TPSA) is 91.4 Å². The van der Waals surface area contributed by atoms with E-state index < -0.39 is 47.7 Å². The summed E-state index contributed by atoms with van der Waals surface area (Å²) in [6.07, 6.45) is 1.62. The van der Waals surface area contributed by atoms with E-state index in [2.05, 4.69) is 6.58 Å². The fourth-order valence-corrected chi connectivity index (χ4v) is 4.20. The van der Waals surface area contributed by atoms with Crippen LogP contribution in [-0.2, 0) is 33.3 Å². The van der Waals surface area contributed by atoms with Gasteiger partial charge in [0.25, 0.3) is 0 Å². The van der Waals surface area contributed by atoms with Gasteiger partial charge in [-0.05, 0) is 26.8 Å². The highest BCUT2D eigenvalue weighted by molar-refractivity contribution is 5.93. The Morgan fingerprint density at radius 1 is 1.30 bits per heavy atom. The van der Waals surface area contributed by atoms with E-state index in [1.165, 1.54) is 6.08 Å². The number of allylic oxidation sites excluding steroid dienone is 1. The molecule has 1 aliphatic carbocycles. The number of hydrogen-bond donors (Lipinski definition) is 0. The highest BCUT2D eigenvalue weighted by Crippen LogP contribution is 2.51. The number of hydrogen-bond acceptors (Lipinski definition) is 7. The average molecular weight is 374 g/mol. The van der Waals surface area contributed by atoms with Crippen LogP contribution < -0.4 is 0 Å². The summed E-state index contributed by atoms with van der Waals surface area (Å²) in [7, 11) is 0. The third-order valence-corrected chi connectivity index (χ3v) is 5.51. The lowest BCUT2D eigenvalue weighted by Crippen LogP contribution is -2.38. The van der Waals surface area contributed by atoms with Crippen LogP contribution >= 0.6 is 0 Å². The van der Waals surface area contributed by atoms with Crippen molar-refractivity contribution in [2.45, 2.75) is 63.6 Å². The molecule has 0 unspecified atom stereocenters. The van der Waals surface area contributed by atoms with E-state index in [4.69, 9.17) is 18.9 Å². The summed E-state index contributed by atoms with van der Waals surface area (Å²) >= 11 is 0. The number of fused-ring (bicyclic) bond motifs is 4. The Hall–Kier alpha value is -2.41. The summed E-state index contributed by atoms with van der Waals surface area (Å²) in [5.74, 6) is -2.07. The zero-order valence-corrected chi connectivity index (χ0v) is 15.5. The van der Waals surface area contributed by atoms with Gasteiger partial charge < -0.3 is 18.9 Å². The molecule has 3 aliphatic heterocycles. The number of esters is 3. The molecule has 0 N–H and O–H groups in total. The quantitative estimate of drug-likeness (QED) is 0.315. The van der Waals surface area contributed by atoms with E-state index in [1.54, 1.807) is 19.9 Å². The van der Waals surface area contributed by atoms with Crippen LogP contribution in [0, 0.1) is 5.92 Å². The third kappa shape index (κ3) is 3.10. The highest BCUT2D eigenvalue weighted by Gasteiger charge is 2.65. The molecule has 7 heteroatoms. The standard InChI is InChI=1S/C20H22O7/c1-9(2)5-14(21)25-13-7-11-6-12(24-19(11)23)8-20(4)17(27-20)16-15(13)10(3)18(22)26-16/h5-6,12-13,15-17H,3,7-8H2,1-2,4H3/t12-,13+,15-,16+,17+,20-/m1/s1. The Balaban J connectivity index is 1.71. The molecule has 144 valence electrons. The Morgan fingerprint density at radius 2 is 2.04 bits per heavy atom. The summed E-state index contributed by atoms with van der Waals surface area (Å²) in [5.41, 5.74) is 0.878. The zero-order chi connectivity index (χ0) is 19.5. The van der Waals surface area contributed by atoms with Gasteiger partial charge in [-0.1, -0.05) is 12.2 Å². The molecule has 0 spiro atoms. The smallest absolute Gasteiger partial charge is 0.334 e. The van der Waals surface area contributed by atoms with Crippen molar-refractivity contribution in [2.24, 2.45) is 5.92 Å². The van der Waals surface area contributed by atoms with Crippen molar-refractivity contribution in [3.05, 3.63) is 35.5 Å². The van der Waals surface area contributed by atoms with E-state index in [9.17, 15) is 14.4 Å². The van der Waals surface area contributed by atoms with Crippen molar-refractivity contribution in [1.29, 1.82) is 0 Å². The molecule has 27 heavy (non-hydrogen) atoms. The van der Waals surface area contributed by atoms with Crippen molar-refractivity contribution >= 4 is 17.9 Å². The second-order valence-corrected chi connectivity index (χ2v) is 8.01. The van der Waals surface area contributed by atoms with E-state index in [1.807, 2.05) is 6.92 Å². The molecule has 4 rings (SSSR count). The number of carbonyl (C=O) groups is 3. The SMILES string of the molecule is C=C1C(=O)O[C@H]2[C@H]1[C@@H](OC(=O)C=C(C)C)CC1=C[C@H](C[C@@]3(C)O[C@@H]23)OC1=O. The monoisotopic (exact) mass is 374 g/mol. The van der Waals surface area contributed by atoms with Gasteiger partial charge in [-0.2, -0.15) is 0 Å². The molecule has 0 aromatic heterocycles. The molecule has 0 aromatic rings. The third-order valence-electron chi connectivity index (χ3n) is 5.51. The van der Waals surface area contributed by atoms with Crippen molar-refractivity contribution in [2.75, 3.05) is 0 Å². The highest BCUT2D eigenvalue weighted by atomic mass is 16.7. The minimum absolute atomic E-state index is 0.137. The van der Waals surface area contributed by atoms with Gasteiger partial charge in [0.05, 0.1) is 11.5 Å². The summed E-state index contributed by atoms with van der Waals surface area (Å²) in [4.78, 5) is 36.7. The average Bonchev–Trinajstić information content (AvgIpc) is 2.95. The van der Waals surface area contributed by atoms with Crippen LogP contribution in [0.15, 0.2) is 35.5 Å². The van der Waals surface area contributed by atoms with E-state index in [-0.39, 0.29) is 18.1 Å².